The van der Waals surface area contributed by atoms with Gasteiger partial charge in [0.25, 0.3) is 0 Å². The number of hydrogen-bond acceptors (Lipinski definition) is 17. The van der Waals surface area contributed by atoms with E-state index in [9.17, 15) is 29.4 Å². The van der Waals surface area contributed by atoms with Crippen molar-refractivity contribution in [1.82, 2.24) is 41.1 Å². The summed E-state index contributed by atoms with van der Waals surface area (Å²) in [5.74, 6) is -6.62. The van der Waals surface area contributed by atoms with Gasteiger partial charge in [0, 0.05) is 140 Å². The number of phenols is 1. The monoisotopic (exact) mass is 1600 g/mol. The maximum Gasteiger partial charge on any atom is 0.224 e. The van der Waals surface area contributed by atoms with Crippen LogP contribution in [0.3, 0.4) is 0 Å². The van der Waals surface area contributed by atoms with Crippen LogP contribution in [0.2, 0.25) is 0 Å². The third-order valence-corrected chi connectivity index (χ3v) is 24.9. The highest BCUT2D eigenvalue weighted by Gasteiger charge is 2.41. The van der Waals surface area contributed by atoms with Gasteiger partial charge in [-0.15, -0.1) is 0 Å². The topological polar surface area (TPSA) is 380 Å². The lowest BCUT2D eigenvalue weighted by Crippen LogP contribution is -2.51. The molecule has 0 saturated carbocycles. The Morgan fingerprint density at radius 1 is 0.629 bits per heavy atom. The Hall–Kier alpha value is -9.98. The van der Waals surface area contributed by atoms with E-state index in [1.807, 2.05) is 97.1 Å². The number of nitrogens with two attached hydrogens (primary N) is 3. The van der Waals surface area contributed by atoms with Crippen molar-refractivity contribution in [2.45, 2.75) is 190 Å². The summed E-state index contributed by atoms with van der Waals surface area (Å²) in [6.07, 6.45) is 10.1. The third-order valence-electron chi connectivity index (χ3n) is 23.7. The van der Waals surface area contributed by atoms with Crippen molar-refractivity contribution < 1.29 is 53.4 Å². The Morgan fingerprint density at radius 3 is 1.97 bits per heavy atom. The molecule has 5 heterocycles. The Morgan fingerprint density at radius 2 is 1.25 bits per heavy atom. The van der Waals surface area contributed by atoms with Gasteiger partial charge in [-0.05, 0) is 197 Å². The van der Waals surface area contributed by atoms with Gasteiger partial charge < -0.3 is 63.5 Å². The fraction of sp³-hybridized carbons (Fsp3) is 0.467. The van der Waals surface area contributed by atoms with Crippen molar-refractivity contribution >= 4 is 91.9 Å². The normalized spacial score (nSPS) is 23.5. The number of carbonyl (C=O) groups is 9. The first-order chi connectivity index (χ1) is 56.1. The number of nitrogens with zero attached hydrogens (tertiary/aromatic N) is 3. The van der Waals surface area contributed by atoms with E-state index < -0.39 is 102 Å². The Balaban J connectivity index is 0.904. The smallest absolute Gasteiger partial charge is 0.224 e. The Labute approximate surface area is 684 Å². The zero-order valence-corrected chi connectivity index (χ0v) is 67.8. The number of piperidine rings is 1. The molecule has 3 aliphatic rings. The second-order valence-electron chi connectivity index (χ2n) is 32.6. The summed E-state index contributed by atoms with van der Waals surface area (Å²) < 4.78 is 0. The first-order valence-corrected chi connectivity index (χ1v) is 42.7. The molecule has 23 nitrogen and oxygen atoms in total. The van der Waals surface area contributed by atoms with E-state index in [4.69, 9.17) is 17.2 Å². The molecule has 11 rings (SSSR count). The average Bonchev–Trinajstić information content (AvgIpc) is 1.49. The molecule has 14 N–H and O–H groups in total. The van der Waals surface area contributed by atoms with Crippen molar-refractivity contribution in [2.75, 3.05) is 44.7 Å². The van der Waals surface area contributed by atoms with Crippen LogP contribution in [0.4, 0.5) is 0 Å². The van der Waals surface area contributed by atoms with Crippen molar-refractivity contribution in [3.63, 3.8) is 0 Å². The van der Waals surface area contributed by atoms with Gasteiger partial charge in [-0.2, -0.15) is 11.8 Å². The van der Waals surface area contributed by atoms with Crippen LogP contribution in [-0.4, -0.2) is 169 Å². The Kier molecular flexibility index (Phi) is 32.4. The summed E-state index contributed by atoms with van der Waals surface area (Å²) in [5.41, 5.74) is 26.1. The van der Waals surface area contributed by atoms with E-state index in [2.05, 4.69) is 77.6 Å². The van der Waals surface area contributed by atoms with Gasteiger partial charge in [0.05, 0.1) is 30.0 Å². The number of aliphatic hydroxyl groups is 1. The maximum atomic E-state index is 15.6. The number of benzene rings is 5. The number of aliphatic hydroxyl groups excluding tert-OH is 1. The second kappa shape index (κ2) is 43.3. The van der Waals surface area contributed by atoms with Crippen LogP contribution < -0.4 is 38.5 Å². The largest absolute Gasteiger partial charge is 0.508 e. The number of aromatic hydroxyl groups is 1. The van der Waals surface area contributed by atoms with Crippen LogP contribution in [0, 0.1) is 35.5 Å². The lowest BCUT2D eigenvalue weighted by atomic mass is 9.73. The van der Waals surface area contributed by atoms with Crippen molar-refractivity contribution in [3.8, 4) is 5.75 Å². The number of Topliss-reactive ketones (excluding diaryl/α,β-unsaturated/α-hetero) is 6. The van der Waals surface area contributed by atoms with E-state index in [1.54, 1.807) is 54.6 Å². The number of unbranched alkanes of at least 4 members (excludes halogenated alkanes) is 1. The Bertz CT molecular complexity index is 4630. The number of ketones is 6. The average molecular weight is 1600 g/mol. The second-order valence-corrected chi connectivity index (χ2v) is 33.6. The number of likely N-dealkylation sites (N-methyl/N-ethyl adjacent to an activating group) is 1. The van der Waals surface area contributed by atoms with Gasteiger partial charge in [0.2, 0.25) is 17.7 Å². The maximum absolute atomic E-state index is 15.6. The fourth-order valence-electron chi connectivity index (χ4n) is 17.5. The molecule has 116 heavy (non-hydrogen) atoms. The number of amides is 3. The lowest BCUT2D eigenvalue weighted by Gasteiger charge is -2.45. The number of aromatic nitrogens is 3. The summed E-state index contributed by atoms with van der Waals surface area (Å²) in [7, 11) is 2.22. The minimum Gasteiger partial charge on any atom is -0.508 e. The third kappa shape index (κ3) is 25.0. The summed E-state index contributed by atoms with van der Waals surface area (Å²) in [6.45, 7) is 2.96. The van der Waals surface area contributed by atoms with Crippen molar-refractivity contribution in [3.05, 3.63) is 203 Å². The zero-order valence-electron chi connectivity index (χ0n) is 66.9. The SMILES string of the molecule is C[C@@H](O)[C@@H]1NC(=O)[C@H](CCCCN)CC(=O)[C@@H](Cc2c[nH]c3ccccc23)NC(=O)[C@H](Cc2ccncc2)CC(=O)[C@H](Cc2ccccc2)NC(=O)[C@H](CCCN=C(N)N)CC(=O)[C@H](NC[C@@H](CC(=O)CSC[C@@H]2C[C@@H]3c4cccc5[nH]cc(c45)C[C@H]3N(C)C2)Cc2ccc(O)cc2)CCCCCC(=O)[C@H](Cc2ccccc2)CC1=O. The highest BCUT2D eigenvalue weighted by molar-refractivity contribution is 7.99. The van der Waals surface area contributed by atoms with E-state index >= 15 is 24.0 Å². The van der Waals surface area contributed by atoms with E-state index in [0.717, 1.165) is 47.2 Å². The number of H-pyrrole nitrogens is 2. The number of rotatable bonds is 28. The van der Waals surface area contributed by atoms with Crippen LogP contribution in [-0.2, 0) is 81.7 Å². The molecule has 5 aromatic carbocycles. The number of para-hydroxylation sites is 1. The predicted molar refractivity (Wildman–Crippen MR) is 454 cm³/mol. The molecule has 1 aliphatic carbocycles. The molecule has 13 atom stereocenters. The van der Waals surface area contributed by atoms with E-state index in [0.29, 0.717) is 85.4 Å². The molecular weight excluding hydrogens is 1480 g/mol. The number of carbonyl (C=O) groups excluding carboxylic acids is 9. The summed E-state index contributed by atoms with van der Waals surface area (Å²) >= 11 is 1.66. The fourth-order valence-corrected chi connectivity index (χ4v) is 18.5. The number of thioether (sulfide) groups is 1. The number of phenolic OH excluding ortho intramolecular Hbond substituents is 1. The van der Waals surface area contributed by atoms with Crippen molar-refractivity contribution in [2.24, 2.45) is 57.7 Å². The standard InChI is InChI=1S/C92H116N12O11S/c1-58(105)88-86(112)50-67(41-59-18-6-3-7-19-59)82(108)29-11-5-10-27-77(98-52-63(40-61-30-32-71(106)33-31-61)43-72(107)57-116-56-64-44-75-74-25-16-28-78-87(74)70(54-100-78)47-81(75)104(2)55-64)83(109)48-66(23-17-37-97-92(94)95)89(113)101-79(45-60-20-8-4-9-21-60)85(111)51-68(42-62-34-38-96-39-35-62)91(115)102-80(46-69-53-99-76-26-13-12-24-73(69)76)84(110)49-65(90(114)103-88)22-14-15-36-93/h3-4,6-9,12-13,16,18-21,24-26,28,30-35,38-39,53-54,58,63-68,75,77,79-81,88,98-100,105-106H,5,10-11,14-15,17,22-23,27,29,36-37,40-52,55-57,93H2,1-2H3,(H,101,113)(H,102,115)(H,103,114)(H4,94,95,97)/t58-,63-,64-,65-,66-,67-,68-,75-,77-,79+,80-,81-,88+/m1/s1. The van der Waals surface area contributed by atoms with E-state index in [1.165, 1.54) is 29.0 Å². The van der Waals surface area contributed by atoms with Crippen LogP contribution >= 0.6 is 11.8 Å². The molecule has 0 bridgehead atoms. The molecule has 3 amide bonds. The molecule has 0 unspecified atom stereocenters. The predicted octanol–water partition coefficient (Wildman–Crippen LogP) is 10.0. The summed E-state index contributed by atoms with van der Waals surface area (Å²) in [4.78, 5) is 155. The molecule has 24 heteroatoms. The molecule has 2 aliphatic heterocycles. The number of pyridine rings is 1. The number of nitrogens with one attached hydrogen (secondary N) is 6. The zero-order chi connectivity index (χ0) is 82.0. The number of fused-ring (bicyclic) bond motifs is 3. The molecular formula is C92H116N12O11S. The van der Waals surface area contributed by atoms with Gasteiger partial charge in [-0.3, -0.25) is 53.1 Å². The van der Waals surface area contributed by atoms with Crippen LogP contribution in [0.5, 0.6) is 5.75 Å². The van der Waals surface area contributed by atoms with Gasteiger partial charge in [0.1, 0.15) is 23.4 Å². The molecule has 2 saturated heterocycles. The van der Waals surface area contributed by atoms with E-state index in [-0.39, 0.29) is 125 Å². The summed E-state index contributed by atoms with van der Waals surface area (Å²) in [6, 6.07) is 38.3. The van der Waals surface area contributed by atoms with Gasteiger partial charge in [-0.25, -0.2) is 0 Å². The van der Waals surface area contributed by atoms with Crippen molar-refractivity contribution in [1.29, 1.82) is 0 Å². The number of hydrogen-bond donors (Lipinski definition) is 11. The first-order valence-electron chi connectivity index (χ1n) is 41.5. The highest BCUT2D eigenvalue weighted by atomic mass is 32.2. The molecule has 0 radical (unpaired) electrons. The number of likely N-dealkylation sites (tertiary alicyclic amines) is 1. The molecule has 3 aromatic heterocycles. The van der Waals surface area contributed by atoms with Gasteiger partial charge in [-0.1, -0.05) is 122 Å². The summed E-state index contributed by atoms with van der Waals surface area (Å²) in [5, 5.41) is 36.6. The first kappa shape index (κ1) is 86.9. The van der Waals surface area contributed by atoms with Crippen LogP contribution in [0.15, 0.2) is 169 Å². The van der Waals surface area contributed by atoms with Crippen LogP contribution in [0.25, 0.3) is 21.8 Å². The lowest BCUT2D eigenvalue weighted by molar-refractivity contribution is -0.136. The molecule has 0 spiro atoms. The van der Waals surface area contributed by atoms with Gasteiger partial charge in [0.15, 0.2) is 29.1 Å². The molecule has 616 valence electrons. The number of aliphatic imine (C=N–C) groups is 1. The number of guanidine groups is 1. The minimum atomic E-state index is -1.47. The molecule has 8 aromatic rings. The van der Waals surface area contributed by atoms with Gasteiger partial charge >= 0.3 is 0 Å². The van der Waals surface area contributed by atoms with Crippen LogP contribution in [0.1, 0.15) is 155 Å². The highest BCUT2D eigenvalue weighted by Crippen LogP contribution is 2.45. The minimum absolute atomic E-state index is 0.00326. The molecule has 2 fully saturated rings. The number of aromatic amines is 2. The quantitative estimate of drug-likeness (QED) is 0.0123.